The van der Waals surface area contributed by atoms with Crippen LogP contribution in [0.15, 0.2) is 15.7 Å². The maximum Gasteiger partial charge on any atom is 0.278 e. The van der Waals surface area contributed by atoms with Crippen molar-refractivity contribution >= 4 is 45.6 Å². The zero-order valence-corrected chi connectivity index (χ0v) is 12.6. The van der Waals surface area contributed by atoms with Gasteiger partial charge in [0.05, 0.1) is 5.69 Å². The third kappa shape index (κ3) is 2.13. The van der Waals surface area contributed by atoms with Crippen molar-refractivity contribution in [2.24, 2.45) is 5.16 Å². The van der Waals surface area contributed by atoms with Crippen LogP contribution in [0.3, 0.4) is 0 Å². The summed E-state index contributed by atoms with van der Waals surface area (Å²) in [7, 11) is 2.05. The molecule has 0 aromatic heterocycles. The second-order valence-corrected chi connectivity index (χ2v) is 5.48. The van der Waals surface area contributed by atoms with Gasteiger partial charge in [0.1, 0.15) is 0 Å². The number of nitrogens with zero attached hydrogens (tertiary/aromatic N) is 2. The molecule has 7 heteroatoms. The van der Waals surface area contributed by atoms with Gasteiger partial charge in [0.2, 0.25) is 0 Å². The molecule has 0 spiro atoms. The van der Waals surface area contributed by atoms with Gasteiger partial charge in [-0.05, 0) is 30.7 Å². The van der Waals surface area contributed by atoms with Gasteiger partial charge in [-0.2, -0.15) is 0 Å². The number of carbonyl (C=O) groups excluding carboxylic acids is 1. The number of hydrogen-bond donors (Lipinski definition) is 2. The smallest absolute Gasteiger partial charge is 0.278 e. The quantitative estimate of drug-likeness (QED) is 0.558. The standard InChI is InChI=1S/C12H12BrN3O2.ClH/c1-16-3-2-6-8(5-16)10-7(4-9(6)13)11(15-18)12(17)14-10;/h4,18H,2-3,5H2,1H3,(H,14,15,17);1H. The van der Waals surface area contributed by atoms with E-state index in [-0.39, 0.29) is 24.0 Å². The lowest BCUT2D eigenvalue weighted by molar-refractivity contribution is -0.110. The van der Waals surface area contributed by atoms with E-state index >= 15 is 0 Å². The molecule has 1 aromatic carbocycles. The summed E-state index contributed by atoms with van der Waals surface area (Å²) >= 11 is 3.54. The summed E-state index contributed by atoms with van der Waals surface area (Å²) in [6, 6.07) is 1.85. The van der Waals surface area contributed by atoms with E-state index in [9.17, 15) is 4.79 Å². The summed E-state index contributed by atoms with van der Waals surface area (Å²) in [6.07, 6.45) is 0.946. The predicted molar refractivity (Wildman–Crippen MR) is 78.4 cm³/mol. The molecule has 1 aromatic rings. The predicted octanol–water partition coefficient (Wildman–Crippen LogP) is 1.99. The highest BCUT2D eigenvalue weighted by Crippen LogP contribution is 2.37. The minimum Gasteiger partial charge on any atom is -0.410 e. The first-order valence-electron chi connectivity index (χ1n) is 5.68. The SMILES string of the molecule is CN1CCc2c(Br)cc3c(c2C1)NC(=O)/C3=N/O.Cl. The number of amides is 1. The van der Waals surface area contributed by atoms with E-state index in [1.54, 1.807) is 0 Å². The molecular weight excluding hydrogens is 334 g/mol. The minimum atomic E-state index is -0.346. The van der Waals surface area contributed by atoms with Crippen molar-refractivity contribution in [1.82, 2.24) is 4.90 Å². The number of nitrogens with one attached hydrogen (secondary N) is 1. The summed E-state index contributed by atoms with van der Waals surface area (Å²) in [4.78, 5) is 13.9. The Bertz CT molecular complexity index is 589. The molecule has 0 fully saturated rings. The number of halogens is 2. The average Bonchev–Trinajstić information content (AvgIpc) is 2.65. The Morgan fingerprint density at radius 3 is 2.89 bits per heavy atom. The fourth-order valence-corrected chi connectivity index (χ4v) is 3.23. The number of oxime groups is 1. The molecule has 1 amide bonds. The molecule has 102 valence electrons. The summed E-state index contributed by atoms with van der Waals surface area (Å²) in [5.74, 6) is -0.346. The normalized spacial score (nSPS) is 19.7. The van der Waals surface area contributed by atoms with Crippen LogP contribution in [-0.2, 0) is 17.8 Å². The average molecular weight is 347 g/mol. The fraction of sp³-hybridized carbons (Fsp3) is 0.333. The Kier molecular flexibility index (Phi) is 3.85. The third-order valence-corrected chi connectivity index (χ3v) is 4.18. The Labute approximate surface area is 125 Å². The van der Waals surface area contributed by atoms with Gasteiger partial charge in [0.15, 0.2) is 5.71 Å². The molecule has 5 nitrogen and oxygen atoms in total. The van der Waals surface area contributed by atoms with Crippen LogP contribution >= 0.6 is 28.3 Å². The number of benzene rings is 1. The van der Waals surface area contributed by atoms with Gasteiger partial charge in [0, 0.05) is 23.1 Å². The first-order valence-corrected chi connectivity index (χ1v) is 6.47. The van der Waals surface area contributed by atoms with E-state index < -0.39 is 0 Å². The number of hydrogen-bond acceptors (Lipinski definition) is 4. The molecule has 2 heterocycles. The molecule has 0 saturated carbocycles. The second kappa shape index (κ2) is 5.11. The largest absolute Gasteiger partial charge is 0.410 e. The lowest BCUT2D eigenvalue weighted by atomic mass is 9.95. The molecule has 2 aliphatic rings. The van der Waals surface area contributed by atoms with Gasteiger partial charge in [-0.15, -0.1) is 12.4 Å². The van der Waals surface area contributed by atoms with E-state index in [0.717, 1.165) is 35.2 Å². The van der Waals surface area contributed by atoms with E-state index in [0.29, 0.717) is 5.56 Å². The third-order valence-electron chi connectivity index (χ3n) is 3.48. The monoisotopic (exact) mass is 345 g/mol. The Hall–Kier alpha value is -1.11. The van der Waals surface area contributed by atoms with E-state index in [4.69, 9.17) is 5.21 Å². The molecule has 0 unspecified atom stereocenters. The van der Waals surface area contributed by atoms with E-state index in [1.165, 1.54) is 5.56 Å². The first kappa shape index (κ1) is 14.3. The van der Waals surface area contributed by atoms with Crippen LogP contribution in [0, 0.1) is 0 Å². The van der Waals surface area contributed by atoms with E-state index in [2.05, 4.69) is 31.3 Å². The summed E-state index contributed by atoms with van der Waals surface area (Å²) in [6.45, 7) is 1.79. The van der Waals surface area contributed by atoms with Crippen LogP contribution in [-0.4, -0.2) is 35.3 Å². The van der Waals surface area contributed by atoms with Crippen LogP contribution in [0.1, 0.15) is 16.7 Å². The zero-order valence-electron chi connectivity index (χ0n) is 10.2. The summed E-state index contributed by atoms with van der Waals surface area (Å²) in [5.41, 5.74) is 3.88. The molecule has 0 radical (unpaired) electrons. The van der Waals surface area contributed by atoms with Crippen LogP contribution in [0.2, 0.25) is 0 Å². The summed E-state index contributed by atoms with van der Waals surface area (Å²) in [5, 5.41) is 14.8. The molecule has 19 heavy (non-hydrogen) atoms. The van der Waals surface area contributed by atoms with Gasteiger partial charge < -0.3 is 15.4 Å². The Morgan fingerprint density at radius 2 is 2.21 bits per heavy atom. The molecule has 3 rings (SSSR count). The highest BCUT2D eigenvalue weighted by molar-refractivity contribution is 9.10. The van der Waals surface area contributed by atoms with Crippen LogP contribution in [0.5, 0.6) is 0 Å². The molecule has 0 bridgehead atoms. The topological polar surface area (TPSA) is 64.9 Å². The summed E-state index contributed by atoms with van der Waals surface area (Å²) < 4.78 is 0.974. The number of anilines is 1. The Balaban J connectivity index is 0.00000133. The van der Waals surface area contributed by atoms with Crippen molar-refractivity contribution in [3.05, 3.63) is 27.2 Å². The Morgan fingerprint density at radius 1 is 1.47 bits per heavy atom. The van der Waals surface area contributed by atoms with Gasteiger partial charge >= 0.3 is 0 Å². The maximum atomic E-state index is 11.7. The minimum absolute atomic E-state index is 0. The maximum absolute atomic E-state index is 11.7. The molecule has 0 aliphatic carbocycles. The van der Waals surface area contributed by atoms with Crippen LogP contribution in [0.25, 0.3) is 0 Å². The van der Waals surface area contributed by atoms with Gasteiger partial charge in [-0.25, -0.2) is 0 Å². The van der Waals surface area contributed by atoms with Gasteiger partial charge in [-0.3, -0.25) is 4.79 Å². The first-order chi connectivity index (χ1) is 8.61. The van der Waals surface area contributed by atoms with Crippen molar-refractivity contribution in [3.8, 4) is 0 Å². The number of likely N-dealkylation sites (N-methyl/N-ethyl adjacent to an activating group) is 1. The molecular formula is C12H13BrClN3O2. The lowest BCUT2D eigenvalue weighted by Gasteiger charge is -2.27. The van der Waals surface area contributed by atoms with Crippen molar-refractivity contribution < 1.29 is 10.0 Å². The van der Waals surface area contributed by atoms with Crippen LogP contribution in [0.4, 0.5) is 5.69 Å². The fourth-order valence-electron chi connectivity index (χ4n) is 2.56. The second-order valence-electron chi connectivity index (χ2n) is 4.63. The van der Waals surface area contributed by atoms with Crippen molar-refractivity contribution in [2.45, 2.75) is 13.0 Å². The zero-order chi connectivity index (χ0) is 12.9. The van der Waals surface area contributed by atoms with Crippen molar-refractivity contribution in [3.63, 3.8) is 0 Å². The van der Waals surface area contributed by atoms with Crippen molar-refractivity contribution in [1.29, 1.82) is 0 Å². The number of carbonyl (C=O) groups is 1. The number of rotatable bonds is 0. The molecule has 0 saturated heterocycles. The highest BCUT2D eigenvalue weighted by Gasteiger charge is 2.32. The van der Waals surface area contributed by atoms with Crippen LogP contribution < -0.4 is 5.32 Å². The van der Waals surface area contributed by atoms with Gasteiger partial charge in [0.25, 0.3) is 5.91 Å². The lowest BCUT2D eigenvalue weighted by Crippen LogP contribution is -2.27. The number of fused-ring (bicyclic) bond motifs is 3. The molecule has 0 atom stereocenters. The molecule has 2 aliphatic heterocycles. The molecule has 2 N–H and O–H groups in total. The highest BCUT2D eigenvalue weighted by atomic mass is 79.9. The van der Waals surface area contributed by atoms with E-state index in [1.807, 2.05) is 13.1 Å². The van der Waals surface area contributed by atoms with Crippen molar-refractivity contribution in [2.75, 3.05) is 18.9 Å². The van der Waals surface area contributed by atoms with Gasteiger partial charge in [-0.1, -0.05) is 21.1 Å².